The lowest BCUT2D eigenvalue weighted by molar-refractivity contribution is -0.137. The number of hydrogen-bond donors (Lipinski definition) is 3. The molecule has 0 saturated carbocycles. The Morgan fingerprint density at radius 1 is 0.732 bits per heavy atom. The SMILES string of the molecule is O=C(O)c1cccc(Cn2ccnc2-c2cccc(C(=O)Nc3ccc(N4CCCCC4)cc3-c3cc(C(=O)NCc4cccc(C(F)(F)F)c4)ccn3)c2)c1. The van der Waals surface area contributed by atoms with Gasteiger partial charge in [0.05, 0.1) is 22.5 Å². The fourth-order valence-electron chi connectivity index (χ4n) is 6.75. The summed E-state index contributed by atoms with van der Waals surface area (Å²) in [5, 5.41) is 15.2. The van der Waals surface area contributed by atoms with E-state index in [0.717, 1.165) is 55.7 Å². The molecule has 284 valence electrons. The Morgan fingerprint density at radius 3 is 2.29 bits per heavy atom. The number of hydrogen-bond acceptors (Lipinski definition) is 6. The van der Waals surface area contributed by atoms with Crippen LogP contribution in [0.25, 0.3) is 22.6 Å². The summed E-state index contributed by atoms with van der Waals surface area (Å²) in [6.45, 7) is 2.02. The first kappa shape index (κ1) is 37.6. The quantitative estimate of drug-likeness (QED) is 0.121. The van der Waals surface area contributed by atoms with Crippen LogP contribution in [-0.4, -0.2) is 50.5 Å². The van der Waals surface area contributed by atoms with Gasteiger partial charge in [-0.15, -0.1) is 0 Å². The molecule has 4 aromatic carbocycles. The Hall–Kier alpha value is -6.76. The average Bonchev–Trinajstić information content (AvgIpc) is 3.68. The third-order valence-electron chi connectivity index (χ3n) is 9.60. The van der Waals surface area contributed by atoms with Gasteiger partial charge in [-0.2, -0.15) is 13.2 Å². The maximum atomic E-state index is 13.9. The molecule has 0 spiro atoms. The zero-order chi connectivity index (χ0) is 39.2. The standard InChI is InChI=1S/C43H37F3N6O4/c44-43(45,46)34-12-5-7-28(22-34)26-49-40(53)32-15-16-47-38(24-32)36-25-35(51-18-2-1-3-19-51)13-14-37(36)50-41(54)31-10-6-9-30(23-31)39-48-17-20-52(39)27-29-8-4-11-33(21-29)42(55)56/h4-17,20-25H,1-3,18-19,26-27H2,(H,49,53)(H,50,54)(H,55,56). The van der Waals surface area contributed by atoms with Gasteiger partial charge < -0.3 is 25.2 Å². The second-order valence-corrected chi connectivity index (χ2v) is 13.5. The van der Waals surface area contributed by atoms with Crippen molar-refractivity contribution in [3.05, 3.63) is 155 Å². The minimum atomic E-state index is -4.50. The number of nitrogens with zero attached hydrogens (tertiary/aromatic N) is 4. The fourth-order valence-corrected chi connectivity index (χ4v) is 6.75. The molecule has 13 heteroatoms. The monoisotopic (exact) mass is 758 g/mol. The van der Waals surface area contributed by atoms with Crippen molar-refractivity contribution < 1.29 is 32.7 Å². The molecule has 2 amide bonds. The fraction of sp³-hybridized carbons (Fsp3) is 0.186. The predicted octanol–water partition coefficient (Wildman–Crippen LogP) is 8.55. The number of carboxylic acid groups (broad SMARTS) is 1. The first-order valence-electron chi connectivity index (χ1n) is 18.1. The summed E-state index contributed by atoms with van der Waals surface area (Å²) in [5.41, 5.74) is 4.21. The van der Waals surface area contributed by atoms with Gasteiger partial charge >= 0.3 is 12.1 Å². The number of carboxylic acids is 1. The lowest BCUT2D eigenvalue weighted by Gasteiger charge is -2.29. The maximum Gasteiger partial charge on any atom is 0.416 e. The van der Waals surface area contributed by atoms with Crippen LogP contribution in [0.15, 0.2) is 122 Å². The lowest BCUT2D eigenvalue weighted by atomic mass is 10.0. The summed E-state index contributed by atoms with van der Waals surface area (Å²) in [7, 11) is 0. The summed E-state index contributed by atoms with van der Waals surface area (Å²) in [6.07, 6.45) is 3.67. The van der Waals surface area contributed by atoms with E-state index in [1.807, 2.05) is 34.9 Å². The van der Waals surface area contributed by atoms with E-state index in [-0.39, 0.29) is 23.6 Å². The molecular weight excluding hydrogens is 722 g/mol. The molecule has 2 aromatic heterocycles. The molecule has 0 atom stereocenters. The molecule has 3 heterocycles. The van der Waals surface area contributed by atoms with E-state index in [9.17, 15) is 32.7 Å². The van der Waals surface area contributed by atoms with E-state index in [1.165, 1.54) is 30.5 Å². The number of imidazole rings is 1. The van der Waals surface area contributed by atoms with Crippen LogP contribution in [0.2, 0.25) is 0 Å². The number of amides is 2. The Bertz CT molecular complexity index is 2400. The van der Waals surface area contributed by atoms with Gasteiger partial charge in [-0.1, -0.05) is 36.4 Å². The molecule has 1 saturated heterocycles. The highest BCUT2D eigenvalue weighted by atomic mass is 19.4. The zero-order valence-corrected chi connectivity index (χ0v) is 30.1. The maximum absolute atomic E-state index is 13.9. The van der Waals surface area contributed by atoms with E-state index < -0.39 is 23.6 Å². The summed E-state index contributed by atoms with van der Waals surface area (Å²) in [4.78, 5) is 50.0. The number of piperidine rings is 1. The van der Waals surface area contributed by atoms with Crippen molar-refractivity contribution in [3.63, 3.8) is 0 Å². The zero-order valence-electron chi connectivity index (χ0n) is 30.1. The van der Waals surface area contributed by atoms with Crippen LogP contribution >= 0.6 is 0 Å². The Labute approximate surface area is 320 Å². The van der Waals surface area contributed by atoms with Crippen LogP contribution in [0.1, 0.15) is 67.0 Å². The van der Waals surface area contributed by atoms with Gasteiger partial charge in [0.25, 0.3) is 11.8 Å². The number of anilines is 2. The van der Waals surface area contributed by atoms with Gasteiger partial charge in [0.15, 0.2) is 0 Å². The van der Waals surface area contributed by atoms with Crippen molar-refractivity contribution >= 4 is 29.2 Å². The van der Waals surface area contributed by atoms with Crippen LogP contribution in [0, 0.1) is 0 Å². The molecule has 0 unspecified atom stereocenters. The van der Waals surface area contributed by atoms with Gasteiger partial charge in [0.2, 0.25) is 0 Å². The third-order valence-corrected chi connectivity index (χ3v) is 9.60. The first-order chi connectivity index (χ1) is 27.0. The molecule has 7 rings (SSSR count). The third kappa shape index (κ3) is 8.78. The second kappa shape index (κ2) is 16.3. The van der Waals surface area contributed by atoms with Gasteiger partial charge in [-0.25, -0.2) is 9.78 Å². The molecule has 1 aliphatic heterocycles. The lowest BCUT2D eigenvalue weighted by Crippen LogP contribution is -2.29. The van der Waals surface area contributed by atoms with Crippen molar-refractivity contribution in [2.75, 3.05) is 23.3 Å². The number of nitrogens with one attached hydrogen (secondary N) is 2. The Morgan fingerprint density at radius 2 is 1.48 bits per heavy atom. The van der Waals surface area contributed by atoms with Crippen LogP contribution in [-0.2, 0) is 19.3 Å². The number of alkyl halides is 3. The second-order valence-electron chi connectivity index (χ2n) is 13.5. The minimum absolute atomic E-state index is 0.108. The van der Waals surface area contributed by atoms with Crippen LogP contribution < -0.4 is 15.5 Å². The van der Waals surface area contributed by atoms with E-state index in [1.54, 1.807) is 48.8 Å². The van der Waals surface area contributed by atoms with Crippen LogP contribution in [0.3, 0.4) is 0 Å². The summed E-state index contributed by atoms with van der Waals surface area (Å²) < 4.78 is 41.6. The van der Waals surface area contributed by atoms with Crippen LogP contribution in [0.5, 0.6) is 0 Å². The highest BCUT2D eigenvalue weighted by Gasteiger charge is 2.30. The highest BCUT2D eigenvalue weighted by molar-refractivity contribution is 6.07. The number of pyridine rings is 1. The van der Waals surface area contributed by atoms with E-state index >= 15 is 0 Å². The Balaban J connectivity index is 1.14. The van der Waals surface area contributed by atoms with Crippen molar-refractivity contribution in [1.29, 1.82) is 0 Å². The van der Waals surface area contributed by atoms with Gasteiger partial charge in [-0.05, 0) is 97.1 Å². The molecule has 0 aliphatic carbocycles. The van der Waals surface area contributed by atoms with Crippen LogP contribution in [0.4, 0.5) is 24.5 Å². The smallest absolute Gasteiger partial charge is 0.416 e. The van der Waals surface area contributed by atoms with Crippen molar-refractivity contribution in [2.45, 2.75) is 38.5 Å². The number of rotatable bonds is 11. The summed E-state index contributed by atoms with van der Waals surface area (Å²) >= 11 is 0. The topological polar surface area (TPSA) is 129 Å². The molecule has 1 fully saturated rings. The number of aromatic nitrogens is 3. The van der Waals surface area contributed by atoms with Gasteiger partial charge in [-0.3, -0.25) is 14.6 Å². The summed E-state index contributed by atoms with van der Waals surface area (Å²) in [5.74, 6) is -1.30. The van der Waals surface area contributed by atoms with Crippen molar-refractivity contribution in [3.8, 4) is 22.6 Å². The number of benzene rings is 4. The van der Waals surface area contributed by atoms with Crippen molar-refractivity contribution in [1.82, 2.24) is 19.9 Å². The molecule has 56 heavy (non-hydrogen) atoms. The van der Waals surface area contributed by atoms with E-state index in [0.29, 0.717) is 46.0 Å². The van der Waals surface area contributed by atoms with Crippen molar-refractivity contribution in [2.24, 2.45) is 0 Å². The largest absolute Gasteiger partial charge is 0.478 e. The molecule has 3 N–H and O–H groups in total. The molecule has 0 bridgehead atoms. The first-order valence-corrected chi connectivity index (χ1v) is 18.1. The highest BCUT2D eigenvalue weighted by Crippen LogP contribution is 2.34. The number of carbonyl (C=O) groups is 3. The van der Waals surface area contributed by atoms with Gasteiger partial charge in [0.1, 0.15) is 5.82 Å². The minimum Gasteiger partial charge on any atom is -0.478 e. The molecule has 0 radical (unpaired) electrons. The summed E-state index contributed by atoms with van der Waals surface area (Å²) in [6, 6.07) is 27.3. The number of aromatic carboxylic acids is 1. The average molecular weight is 759 g/mol. The molecular formula is C43H37F3N6O4. The number of halogens is 3. The Kier molecular flexibility index (Phi) is 10.9. The van der Waals surface area contributed by atoms with E-state index in [2.05, 4.69) is 25.5 Å². The van der Waals surface area contributed by atoms with E-state index in [4.69, 9.17) is 0 Å². The molecule has 1 aliphatic rings. The number of carbonyl (C=O) groups excluding carboxylic acids is 2. The normalized spacial score (nSPS) is 12.9. The van der Waals surface area contributed by atoms with Gasteiger partial charge in [0, 0.05) is 72.7 Å². The molecule has 10 nitrogen and oxygen atoms in total. The molecule has 6 aromatic rings. The predicted molar refractivity (Wildman–Crippen MR) is 206 cm³/mol.